The molecule has 0 unspecified atom stereocenters. The lowest BCUT2D eigenvalue weighted by Gasteiger charge is -2.18. The molecule has 3 rings (SSSR count). The normalized spacial score (nSPS) is 17.1. The first-order chi connectivity index (χ1) is 8.21. The Balaban J connectivity index is 1.95. The van der Waals surface area contributed by atoms with Crippen LogP contribution >= 0.6 is 0 Å². The van der Waals surface area contributed by atoms with Gasteiger partial charge in [0.15, 0.2) is 5.82 Å². The van der Waals surface area contributed by atoms with Crippen molar-refractivity contribution in [2.24, 2.45) is 5.73 Å². The Kier molecular flexibility index (Phi) is 2.26. The van der Waals surface area contributed by atoms with Gasteiger partial charge in [-0.15, -0.1) is 0 Å². The van der Waals surface area contributed by atoms with Crippen LogP contribution in [0.15, 0.2) is 28.8 Å². The lowest BCUT2D eigenvalue weighted by atomic mass is 9.96. The summed E-state index contributed by atoms with van der Waals surface area (Å²) >= 11 is 0. The zero-order valence-electron chi connectivity index (χ0n) is 9.81. The first-order valence-corrected chi connectivity index (χ1v) is 5.90. The fourth-order valence-corrected chi connectivity index (χ4v) is 2.40. The fraction of sp³-hybridized carbons (Fsp3) is 0.385. The monoisotopic (exact) mass is 229 g/mol. The third-order valence-electron chi connectivity index (χ3n) is 3.35. The maximum atomic E-state index is 6.41. The standard InChI is InChI=1S/C13H15N3O/c1-2-11-15-12(16-17-11)13(14)7-9-5-3-4-6-10(9)8-13/h3-6H,2,7-8,14H2,1H3. The molecule has 0 atom stereocenters. The summed E-state index contributed by atoms with van der Waals surface area (Å²) in [5.41, 5.74) is 8.49. The van der Waals surface area contributed by atoms with Crippen molar-refractivity contribution in [2.45, 2.75) is 31.7 Å². The van der Waals surface area contributed by atoms with Gasteiger partial charge in [0, 0.05) is 6.42 Å². The lowest BCUT2D eigenvalue weighted by molar-refractivity contribution is 0.353. The predicted octanol–water partition coefficient (Wildman–Crippen LogP) is 1.58. The minimum absolute atomic E-state index is 0.499. The SMILES string of the molecule is CCc1nc(C2(N)Cc3ccccc3C2)no1. The smallest absolute Gasteiger partial charge is 0.226 e. The topological polar surface area (TPSA) is 64.9 Å². The molecule has 0 radical (unpaired) electrons. The zero-order chi connectivity index (χ0) is 11.9. The fourth-order valence-electron chi connectivity index (χ4n) is 2.40. The van der Waals surface area contributed by atoms with Crippen LogP contribution in [0.1, 0.15) is 29.8 Å². The molecular formula is C13H15N3O. The van der Waals surface area contributed by atoms with Gasteiger partial charge in [-0.05, 0) is 24.0 Å². The Morgan fingerprint density at radius 2 is 1.94 bits per heavy atom. The first kappa shape index (κ1) is 10.5. The minimum atomic E-state index is -0.499. The van der Waals surface area contributed by atoms with Crippen LogP contribution in [0, 0.1) is 0 Å². The van der Waals surface area contributed by atoms with Gasteiger partial charge in [0.25, 0.3) is 0 Å². The maximum Gasteiger partial charge on any atom is 0.226 e. The van der Waals surface area contributed by atoms with E-state index in [0.717, 1.165) is 19.3 Å². The van der Waals surface area contributed by atoms with E-state index in [1.165, 1.54) is 11.1 Å². The van der Waals surface area contributed by atoms with E-state index in [1.807, 2.05) is 19.1 Å². The number of nitrogens with two attached hydrogens (primary N) is 1. The largest absolute Gasteiger partial charge is 0.339 e. The maximum absolute atomic E-state index is 6.41. The number of aryl methyl sites for hydroxylation is 1. The third-order valence-corrected chi connectivity index (χ3v) is 3.35. The van der Waals surface area contributed by atoms with Crippen molar-refractivity contribution in [1.82, 2.24) is 10.1 Å². The summed E-state index contributed by atoms with van der Waals surface area (Å²) in [5.74, 6) is 1.28. The Hall–Kier alpha value is -1.68. The van der Waals surface area contributed by atoms with E-state index in [-0.39, 0.29) is 0 Å². The van der Waals surface area contributed by atoms with Gasteiger partial charge in [0.05, 0.1) is 5.54 Å². The second kappa shape index (κ2) is 3.67. The highest BCUT2D eigenvalue weighted by atomic mass is 16.5. The Morgan fingerprint density at radius 3 is 2.47 bits per heavy atom. The number of aromatic nitrogens is 2. The molecule has 4 heteroatoms. The summed E-state index contributed by atoms with van der Waals surface area (Å²) in [6.07, 6.45) is 2.31. The number of fused-ring (bicyclic) bond motifs is 1. The Morgan fingerprint density at radius 1 is 1.29 bits per heavy atom. The van der Waals surface area contributed by atoms with Crippen LogP contribution in [-0.4, -0.2) is 10.1 Å². The molecule has 88 valence electrons. The van der Waals surface area contributed by atoms with Crippen molar-refractivity contribution in [1.29, 1.82) is 0 Å². The lowest BCUT2D eigenvalue weighted by Crippen LogP contribution is -2.38. The summed E-state index contributed by atoms with van der Waals surface area (Å²) in [6, 6.07) is 8.31. The van der Waals surface area contributed by atoms with Crippen LogP contribution in [0.25, 0.3) is 0 Å². The number of hydrogen-bond acceptors (Lipinski definition) is 4. The van der Waals surface area contributed by atoms with Gasteiger partial charge in [0.2, 0.25) is 5.89 Å². The van der Waals surface area contributed by atoms with Crippen LogP contribution in [0.4, 0.5) is 0 Å². The highest BCUT2D eigenvalue weighted by molar-refractivity contribution is 5.37. The zero-order valence-corrected chi connectivity index (χ0v) is 9.81. The Bertz CT molecular complexity index is 522. The molecule has 0 saturated carbocycles. The molecule has 0 amide bonds. The molecule has 2 N–H and O–H groups in total. The first-order valence-electron chi connectivity index (χ1n) is 5.90. The number of hydrogen-bond donors (Lipinski definition) is 1. The van der Waals surface area contributed by atoms with E-state index in [9.17, 15) is 0 Å². The van der Waals surface area contributed by atoms with Crippen molar-refractivity contribution < 1.29 is 4.52 Å². The average Bonchev–Trinajstić information content (AvgIpc) is 2.92. The van der Waals surface area contributed by atoms with E-state index in [0.29, 0.717) is 11.7 Å². The van der Waals surface area contributed by atoms with Gasteiger partial charge in [-0.1, -0.05) is 36.3 Å². The molecule has 0 bridgehead atoms. The molecule has 1 aliphatic rings. The van der Waals surface area contributed by atoms with E-state index in [4.69, 9.17) is 10.3 Å². The molecule has 17 heavy (non-hydrogen) atoms. The van der Waals surface area contributed by atoms with Crippen LogP contribution in [-0.2, 0) is 24.8 Å². The molecule has 4 nitrogen and oxygen atoms in total. The van der Waals surface area contributed by atoms with Gasteiger partial charge in [-0.25, -0.2) is 0 Å². The molecule has 1 aromatic carbocycles. The summed E-state index contributed by atoms with van der Waals surface area (Å²) in [4.78, 5) is 4.36. The van der Waals surface area contributed by atoms with E-state index in [2.05, 4.69) is 22.3 Å². The van der Waals surface area contributed by atoms with E-state index < -0.39 is 5.54 Å². The molecule has 0 saturated heterocycles. The molecule has 0 fully saturated rings. The van der Waals surface area contributed by atoms with Gasteiger partial charge in [-0.3, -0.25) is 0 Å². The molecule has 0 spiro atoms. The predicted molar refractivity (Wildman–Crippen MR) is 63.4 cm³/mol. The summed E-state index contributed by atoms with van der Waals surface area (Å²) < 4.78 is 5.15. The quantitative estimate of drug-likeness (QED) is 0.849. The van der Waals surface area contributed by atoms with Gasteiger partial charge < -0.3 is 10.3 Å². The third kappa shape index (κ3) is 1.65. The minimum Gasteiger partial charge on any atom is -0.339 e. The van der Waals surface area contributed by atoms with Crippen molar-refractivity contribution >= 4 is 0 Å². The molecule has 2 aromatic rings. The molecule has 1 heterocycles. The van der Waals surface area contributed by atoms with Crippen molar-refractivity contribution in [3.8, 4) is 0 Å². The van der Waals surface area contributed by atoms with Crippen molar-refractivity contribution in [3.05, 3.63) is 47.1 Å². The van der Waals surface area contributed by atoms with Crippen molar-refractivity contribution in [2.75, 3.05) is 0 Å². The van der Waals surface area contributed by atoms with Gasteiger partial charge in [0.1, 0.15) is 0 Å². The molecule has 0 aliphatic heterocycles. The van der Waals surface area contributed by atoms with Crippen LogP contribution in [0.5, 0.6) is 0 Å². The summed E-state index contributed by atoms with van der Waals surface area (Å²) in [7, 11) is 0. The summed E-state index contributed by atoms with van der Waals surface area (Å²) in [5, 5.41) is 4.01. The highest BCUT2D eigenvalue weighted by Crippen LogP contribution is 2.34. The number of nitrogens with zero attached hydrogens (tertiary/aromatic N) is 2. The molecular weight excluding hydrogens is 214 g/mol. The van der Waals surface area contributed by atoms with Crippen LogP contribution in [0.3, 0.4) is 0 Å². The van der Waals surface area contributed by atoms with Crippen molar-refractivity contribution in [3.63, 3.8) is 0 Å². The van der Waals surface area contributed by atoms with Gasteiger partial charge >= 0.3 is 0 Å². The number of rotatable bonds is 2. The van der Waals surface area contributed by atoms with E-state index >= 15 is 0 Å². The average molecular weight is 229 g/mol. The molecule has 1 aliphatic carbocycles. The number of benzene rings is 1. The second-order valence-electron chi connectivity index (χ2n) is 4.64. The van der Waals surface area contributed by atoms with Gasteiger partial charge in [-0.2, -0.15) is 4.98 Å². The Labute approximate surface area is 99.8 Å². The second-order valence-corrected chi connectivity index (χ2v) is 4.64. The van der Waals surface area contributed by atoms with Crippen LogP contribution < -0.4 is 5.73 Å². The summed E-state index contributed by atoms with van der Waals surface area (Å²) in [6.45, 7) is 1.99. The van der Waals surface area contributed by atoms with E-state index in [1.54, 1.807) is 0 Å². The molecule has 1 aromatic heterocycles. The van der Waals surface area contributed by atoms with Crippen LogP contribution in [0.2, 0.25) is 0 Å². The highest BCUT2D eigenvalue weighted by Gasteiger charge is 2.38.